The van der Waals surface area contributed by atoms with Crippen molar-refractivity contribution < 1.29 is 9.53 Å². The Kier molecular flexibility index (Phi) is 5.47. The van der Waals surface area contributed by atoms with E-state index in [4.69, 9.17) is 21.6 Å². The second kappa shape index (κ2) is 6.87. The molecule has 0 unspecified atom stereocenters. The molecule has 0 aliphatic rings. The quantitative estimate of drug-likeness (QED) is 0.769. The minimum Gasteiger partial charge on any atom is -0.466 e. The van der Waals surface area contributed by atoms with E-state index in [1.165, 1.54) is 0 Å². The fourth-order valence-electron chi connectivity index (χ4n) is 1.50. The fourth-order valence-corrected chi connectivity index (χ4v) is 1.82. The molecule has 0 fully saturated rings. The first-order valence-corrected chi connectivity index (χ1v) is 6.02. The number of nitriles is 1. The van der Waals surface area contributed by atoms with E-state index < -0.39 is 0 Å². The van der Waals surface area contributed by atoms with Gasteiger partial charge in [0.1, 0.15) is 0 Å². The van der Waals surface area contributed by atoms with Gasteiger partial charge in [0.15, 0.2) is 0 Å². The molecule has 0 aliphatic carbocycles. The van der Waals surface area contributed by atoms with Crippen molar-refractivity contribution in [1.29, 1.82) is 5.26 Å². The highest BCUT2D eigenvalue weighted by Crippen LogP contribution is 2.25. The molecule has 0 N–H and O–H groups in total. The molecule has 0 radical (unpaired) electrons. The number of halogens is 1. The molecule has 0 aliphatic heterocycles. The molecule has 0 bridgehead atoms. The van der Waals surface area contributed by atoms with Crippen LogP contribution in [0.25, 0.3) is 0 Å². The number of hydrogen-bond donors (Lipinski definition) is 0. The van der Waals surface area contributed by atoms with E-state index in [0.717, 1.165) is 5.69 Å². The molecule has 0 aromatic heterocycles. The summed E-state index contributed by atoms with van der Waals surface area (Å²) in [5, 5.41) is 9.24. The Balaban J connectivity index is 2.64. The fraction of sp³-hybridized carbons (Fsp3) is 0.385. The minimum atomic E-state index is -0.228. The lowest BCUT2D eigenvalue weighted by Crippen LogP contribution is -2.22. The molecule has 96 valence electrons. The zero-order valence-electron chi connectivity index (χ0n) is 10.4. The Morgan fingerprint density at radius 2 is 2.28 bits per heavy atom. The van der Waals surface area contributed by atoms with Crippen LogP contribution in [0.1, 0.15) is 18.9 Å². The van der Waals surface area contributed by atoms with Crippen LogP contribution in [0.15, 0.2) is 18.2 Å². The van der Waals surface area contributed by atoms with Crippen molar-refractivity contribution >= 4 is 23.3 Å². The number of nitrogens with zero attached hydrogens (tertiary/aromatic N) is 2. The van der Waals surface area contributed by atoms with Crippen molar-refractivity contribution in [2.75, 3.05) is 25.1 Å². The van der Waals surface area contributed by atoms with E-state index in [2.05, 4.69) is 0 Å². The number of anilines is 1. The van der Waals surface area contributed by atoms with Crippen LogP contribution in [-0.2, 0) is 9.53 Å². The van der Waals surface area contributed by atoms with Gasteiger partial charge in [0.2, 0.25) is 0 Å². The van der Waals surface area contributed by atoms with Crippen LogP contribution in [0.2, 0.25) is 5.02 Å². The molecule has 0 saturated carbocycles. The normalized spacial score (nSPS) is 9.67. The average molecular weight is 267 g/mol. The third kappa shape index (κ3) is 3.94. The van der Waals surface area contributed by atoms with Crippen LogP contribution in [0.4, 0.5) is 5.69 Å². The van der Waals surface area contributed by atoms with Crippen LogP contribution < -0.4 is 4.90 Å². The summed E-state index contributed by atoms with van der Waals surface area (Å²) in [6, 6.07) is 7.10. The number of benzene rings is 1. The molecule has 0 amide bonds. The molecule has 0 saturated heterocycles. The molecule has 18 heavy (non-hydrogen) atoms. The predicted molar refractivity (Wildman–Crippen MR) is 70.7 cm³/mol. The van der Waals surface area contributed by atoms with E-state index in [1.54, 1.807) is 25.1 Å². The van der Waals surface area contributed by atoms with Gasteiger partial charge in [-0.15, -0.1) is 0 Å². The minimum absolute atomic E-state index is 0.228. The van der Waals surface area contributed by atoms with Gasteiger partial charge in [-0.3, -0.25) is 4.79 Å². The van der Waals surface area contributed by atoms with E-state index in [1.807, 2.05) is 18.0 Å². The lowest BCUT2D eigenvalue weighted by atomic mass is 10.2. The smallest absolute Gasteiger partial charge is 0.307 e. The van der Waals surface area contributed by atoms with Gasteiger partial charge in [-0.1, -0.05) is 11.6 Å². The summed E-state index contributed by atoms with van der Waals surface area (Å²) in [6.07, 6.45) is 0.306. The molecule has 0 atom stereocenters. The number of ether oxygens (including phenoxy) is 1. The molecule has 1 rings (SSSR count). The first-order valence-electron chi connectivity index (χ1n) is 5.65. The Bertz CT molecular complexity index is 469. The highest BCUT2D eigenvalue weighted by Gasteiger charge is 2.09. The molecular formula is C13H15ClN2O2. The standard InChI is InChI=1S/C13H15ClN2O2/c1-3-18-13(17)6-7-16(2)12-5-4-10(9-15)8-11(12)14/h4-5,8H,3,6-7H2,1-2H3. The van der Waals surface area contributed by atoms with Gasteiger partial charge in [-0.2, -0.15) is 5.26 Å². The van der Waals surface area contributed by atoms with Gasteiger partial charge in [-0.25, -0.2) is 0 Å². The van der Waals surface area contributed by atoms with Gasteiger partial charge in [-0.05, 0) is 25.1 Å². The second-order valence-corrected chi connectivity index (χ2v) is 4.16. The van der Waals surface area contributed by atoms with Gasteiger partial charge in [0.05, 0.1) is 35.4 Å². The van der Waals surface area contributed by atoms with Crippen molar-refractivity contribution in [3.63, 3.8) is 0 Å². The first-order chi connectivity index (χ1) is 8.58. The summed E-state index contributed by atoms with van der Waals surface area (Å²) in [6.45, 7) is 2.68. The summed E-state index contributed by atoms with van der Waals surface area (Å²) in [5.41, 5.74) is 1.31. The van der Waals surface area contributed by atoms with Gasteiger partial charge < -0.3 is 9.64 Å². The van der Waals surface area contributed by atoms with Crippen molar-refractivity contribution in [2.24, 2.45) is 0 Å². The maximum atomic E-state index is 11.2. The highest BCUT2D eigenvalue weighted by molar-refractivity contribution is 6.33. The summed E-state index contributed by atoms with van der Waals surface area (Å²) in [7, 11) is 1.84. The predicted octanol–water partition coefficient (Wildman–Crippen LogP) is 2.60. The lowest BCUT2D eigenvalue weighted by molar-refractivity contribution is -0.142. The number of esters is 1. The van der Waals surface area contributed by atoms with Crippen LogP contribution in [0.3, 0.4) is 0 Å². The molecule has 1 aromatic rings. The zero-order valence-corrected chi connectivity index (χ0v) is 11.2. The van der Waals surface area contributed by atoms with Crippen LogP contribution >= 0.6 is 11.6 Å². The highest BCUT2D eigenvalue weighted by atomic mass is 35.5. The number of hydrogen-bond acceptors (Lipinski definition) is 4. The third-order valence-corrected chi connectivity index (χ3v) is 2.75. The molecule has 5 heteroatoms. The van der Waals surface area contributed by atoms with Crippen LogP contribution in [0, 0.1) is 11.3 Å². The summed E-state index contributed by atoms with van der Waals surface area (Å²) in [5.74, 6) is -0.228. The molecule has 4 nitrogen and oxygen atoms in total. The maximum Gasteiger partial charge on any atom is 0.307 e. The Morgan fingerprint density at radius 3 is 2.83 bits per heavy atom. The van der Waals surface area contributed by atoms with Gasteiger partial charge >= 0.3 is 5.97 Å². The van der Waals surface area contributed by atoms with Gasteiger partial charge in [0.25, 0.3) is 0 Å². The largest absolute Gasteiger partial charge is 0.466 e. The number of carbonyl (C=O) groups excluding carboxylic acids is 1. The Labute approximate surface area is 112 Å². The van der Waals surface area contributed by atoms with E-state index in [-0.39, 0.29) is 5.97 Å². The molecule has 0 spiro atoms. The van der Waals surface area contributed by atoms with Gasteiger partial charge in [0, 0.05) is 13.6 Å². The maximum absolute atomic E-state index is 11.2. The number of carbonyl (C=O) groups is 1. The summed E-state index contributed by atoms with van der Waals surface area (Å²) in [4.78, 5) is 13.1. The lowest BCUT2D eigenvalue weighted by Gasteiger charge is -2.20. The van der Waals surface area contributed by atoms with Crippen molar-refractivity contribution in [3.05, 3.63) is 28.8 Å². The molecular weight excluding hydrogens is 252 g/mol. The summed E-state index contributed by atoms with van der Waals surface area (Å²) >= 11 is 6.07. The second-order valence-electron chi connectivity index (χ2n) is 3.75. The van der Waals surface area contributed by atoms with Crippen molar-refractivity contribution in [3.8, 4) is 6.07 Å². The Morgan fingerprint density at radius 1 is 1.56 bits per heavy atom. The molecule has 1 aromatic carbocycles. The van der Waals surface area contributed by atoms with E-state index in [9.17, 15) is 4.79 Å². The van der Waals surface area contributed by atoms with Crippen LogP contribution in [0.5, 0.6) is 0 Å². The average Bonchev–Trinajstić information content (AvgIpc) is 2.36. The first kappa shape index (κ1) is 14.3. The Hall–Kier alpha value is -1.73. The van der Waals surface area contributed by atoms with E-state index in [0.29, 0.717) is 30.2 Å². The van der Waals surface area contributed by atoms with E-state index >= 15 is 0 Å². The monoisotopic (exact) mass is 266 g/mol. The van der Waals surface area contributed by atoms with Crippen molar-refractivity contribution in [1.82, 2.24) is 0 Å². The van der Waals surface area contributed by atoms with Crippen molar-refractivity contribution in [2.45, 2.75) is 13.3 Å². The van der Waals surface area contributed by atoms with Crippen LogP contribution in [-0.4, -0.2) is 26.2 Å². The topological polar surface area (TPSA) is 53.3 Å². The molecule has 0 heterocycles. The number of rotatable bonds is 5. The third-order valence-electron chi connectivity index (χ3n) is 2.44. The zero-order chi connectivity index (χ0) is 13.5. The summed E-state index contributed by atoms with van der Waals surface area (Å²) < 4.78 is 4.85. The SMILES string of the molecule is CCOC(=O)CCN(C)c1ccc(C#N)cc1Cl.